The minimum Gasteiger partial charge on any atom is -0.478 e. The van der Waals surface area contributed by atoms with Gasteiger partial charge in [-0.15, -0.1) is 0 Å². The zero-order chi connectivity index (χ0) is 17.8. The number of aromatic carboxylic acids is 1. The Balaban J connectivity index is 1.61. The van der Waals surface area contributed by atoms with Gasteiger partial charge in [-0.3, -0.25) is 9.48 Å². The second-order valence-corrected chi connectivity index (χ2v) is 6.11. The van der Waals surface area contributed by atoms with Crippen LogP contribution in [0.25, 0.3) is 0 Å². The minimum absolute atomic E-state index is 0.0115. The van der Waals surface area contributed by atoms with Gasteiger partial charge in [-0.05, 0) is 18.1 Å². The number of carbonyl (C=O) groups excluding carboxylic acids is 1. The number of rotatable bonds is 5. The largest absolute Gasteiger partial charge is 0.478 e. The Morgan fingerprint density at radius 1 is 1.36 bits per heavy atom. The third-order valence-electron chi connectivity index (χ3n) is 4.37. The molecular formula is C18H21N3O4. The van der Waals surface area contributed by atoms with E-state index in [-0.39, 0.29) is 24.0 Å². The molecule has 0 aliphatic carbocycles. The van der Waals surface area contributed by atoms with Gasteiger partial charge < -0.3 is 14.7 Å². The number of benzene rings is 1. The van der Waals surface area contributed by atoms with Gasteiger partial charge in [-0.2, -0.15) is 5.10 Å². The molecule has 1 amide bonds. The molecule has 25 heavy (non-hydrogen) atoms. The van der Waals surface area contributed by atoms with Crippen LogP contribution in [0.5, 0.6) is 0 Å². The van der Waals surface area contributed by atoms with Crippen molar-refractivity contribution in [3.05, 3.63) is 53.3 Å². The van der Waals surface area contributed by atoms with Gasteiger partial charge in [-0.1, -0.05) is 18.2 Å². The van der Waals surface area contributed by atoms with Crippen molar-refractivity contribution in [2.45, 2.75) is 18.9 Å². The van der Waals surface area contributed by atoms with Gasteiger partial charge in [0.05, 0.1) is 24.9 Å². The highest BCUT2D eigenvalue weighted by atomic mass is 16.5. The van der Waals surface area contributed by atoms with Crippen LogP contribution in [-0.4, -0.2) is 51.4 Å². The SMILES string of the molecule is Cn1cc(C2CN(C(=O)CCc3ccccc3C(=O)O)CCO2)cn1. The quantitative estimate of drug-likeness (QED) is 0.892. The fourth-order valence-electron chi connectivity index (χ4n) is 3.03. The average molecular weight is 343 g/mol. The molecule has 2 aromatic rings. The first kappa shape index (κ1) is 17.2. The molecule has 1 atom stereocenters. The summed E-state index contributed by atoms with van der Waals surface area (Å²) in [5, 5.41) is 13.4. The van der Waals surface area contributed by atoms with Gasteiger partial charge in [0, 0.05) is 31.8 Å². The molecule has 1 aliphatic rings. The van der Waals surface area contributed by atoms with Crippen LogP contribution in [0.2, 0.25) is 0 Å². The molecule has 1 aliphatic heterocycles. The first-order chi connectivity index (χ1) is 12.0. The van der Waals surface area contributed by atoms with E-state index in [2.05, 4.69) is 5.10 Å². The number of carboxylic acids is 1. The standard InChI is InChI=1S/C18H21N3O4/c1-20-11-14(10-19-20)16-12-21(8-9-25-16)17(22)7-6-13-4-2-3-5-15(13)18(23)24/h2-5,10-11,16H,6-9,12H2,1H3,(H,23,24). The highest BCUT2D eigenvalue weighted by Gasteiger charge is 2.26. The predicted octanol–water partition coefficient (Wildman–Crippen LogP) is 1.65. The van der Waals surface area contributed by atoms with Crippen molar-refractivity contribution in [3.8, 4) is 0 Å². The van der Waals surface area contributed by atoms with Gasteiger partial charge in [0.1, 0.15) is 6.10 Å². The van der Waals surface area contributed by atoms with Gasteiger partial charge in [0.25, 0.3) is 0 Å². The lowest BCUT2D eigenvalue weighted by molar-refractivity contribution is -0.139. The second kappa shape index (κ2) is 7.48. The number of carboxylic acid groups (broad SMARTS) is 1. The summed E-state index contributed by atoms with van der Waals surface area (Å²) in [6.45, 7) is 1.53. The first-order valence-corrected chi connectivity index (χ1v) is 8.23. The van der Waals surface area contributed by atoms with Gasteiger partial charge >= 0.3 is 5.97 Å². The predicted molar refractivity (Wildman–Crippen MR) is 90.2 cm³/mol. The van der Waals surface area contributed by atoms with Crippen LogP contribution in [0.4, 0.5) is 0 Å². The summed E-state index contributed by atoms with van der Waals surface area (Å²) in [6, 6.07) is 6.80. The third kappa shape index (κ3) is 4.06. The number of nitrogens with zero attached hydrogens (tertiary/aromatic N) is 3. The van der Waals surface area contributed by atoms with Crippen molar-refractivity contribution in [1.29, 1.82) is 0 Å². The molecule has 2 heterocycles. The van der Waals surface area contributed by atoms with Crippen molar-refractivity contribution in [1.82, 2.24) is 14.7 Å². The second-order valence-electron chi connectivity index (χ2n) is 6.11. The Bertz CT molecular complexity index is 771. The third-order valence-corrected chi connectivity index (χ3v) is 4.37. The average Bonchev–Trinajstić information content (AvgIpc) is 3.06. The summed E-state index contributed by atoms with van der Waals surface area (Å²) >= 11 is 0. The fraction of sp³-hybridized carbons (Fsp3) is 0.389. The van der Waals surface area contributed by atoms with E-state index >= 15 is 0 Å². The van der Waals surface area contributed by atoms with Crippen molar-refractivity contribution < 1.29 is 19.4 Å². The van der Waals surface area contributed by atoms with Gasteiger partial charge in [0.2, 0.25) is 5.91 Å². The number of hydrogen-bond acceptors (Lipinski definition) is 4. The summed E-state index contributed by atoms with van der Waals surface area (Å²) in [5.74, 6) is -0.955. The van der Waals surface area contributed by atoms with Crippen LogP contribution in [0.15, 0.2) is 36.7 Å². The van der Waals surface area contributed by atoms with E-state index in [4.69, 9.17) is 4.74 Å². The zero-order valence-corrected chi connectivity index (χ0v) is 14.1. The zero-order valence-electron chi connectivity index (χ0n) is 14.1. The molecule has 1 aromatic carbocycles. The lowest BCUT2D eigenvalue weighted by Gasteiger charge is -2.32. The molecule has 132 valence electrons. The van der Waals surface area contributed by atoms with Crippen molar-refractivity contribution in [3.63, 3.8) is 0 Å². The van der Waals surface area contributed by atoms with Gasteiger partial charge in [0.15, 0.2) is 0 Å². The van der Waals surface area contributed by atoms with Crippen LogP contribution in [0.3, 0.4) is 0 Å². The van der Waals surface area contributed by atoms with Crippen molar-refractivity contribution in [2.24, 2.45) is 7.05 Å². The van der Waals surface area contributed by atoms with E-state index in [1.165, 1.54) is 0 Å². The number of aromatic nitrogens is 2. The van der Waals surface area contributed by atoms with Crippen molar-refractivity contribution in [2.75, 3.05) is 19.7 Å². The van der Waals surface area contributed by atoms with E-state index in [1.54, 1.807) is 40.0 Å². The van der Waals surface area contributed by atoms with Crippen LogP contribution in [0, 0.1) is 0 Å². The molecule has 3 rings (SSSR count). The summed E-state index contributed by atoms with van der Waals surface area (Å²) in [4.78, 5) is 25.6. The molecular weight excluding hydrogens is 322 g/mol. The minimum atomic E-state index is -0.967. The smallest absolute Gasteiger partial charge is 0.335 e. The van der Waals surface area contributed by atoms with E-state index in [0.29, 0.717) is 31.7 Å². The number of ether oxygens (including phenoxy) is 1. The fourth-order valence-corrected chi connectivity index (χ4v) is 3.03. The Hall–Kier alpha value is -2.67. The maximum atomic E-state index is 12.5. The Morgan fingerprint density at radius 2 is 2.16 bits per heavy atom. The molecule has 1 N–H and O–H groups in total. The monoisotopic (exact) mass is 343 g/mol. The number of morpholine rings is 1. The highest BCUT2D eigenvalue weighted by molar-refractivity contribution is 5.89. The van der Waals surface area contributed by atoms with Crippen LogP contribution in [-0.2, 0) is 23.0 Å². The van der Waals surface area contributed by atoms with Crippen LogP contribution in [0.1, 0.15) is 34.0 Å². The number of aryl methyl sites for hydroxylation is 2. The summed E-state index contributed by atoms with van der Waals surface area (Å²) in [7, 11) is 1.84. The number of amides is 1. The van der Waals surface area contributed by atoms with E-state index in [9.17, 15) is 14.7 Å². The van der Waals surface area contributed by atoms with E-state index in [0.717, 1.165) is 5.56 Å². The van der Waals surface area contributed by atoms with Crippen LogP contribution >= 0.6 is 0 Å². The summed E-state index contributed by atoms with van der Waals surface area (Å²) in [5.41, 5.74) is 1.89. The Morgan fingerprint density at radius 3 is 2.88 bits per heavy atom. The lowest BCUT2D eigenvalue weighted by Crippen LogP contribution is -2.42. The molecule has 0 saturated carbocycles. The molecule has 0 spiro atoms. The molecule has 0 bridgehead atoms. The number of carbonyl (C=O) groups is 2. The molecule has 1 fully saturated rings. The first-order valence-electron chi connectivity index (χ1n) is 8.23. The molecule has 1 unspecified atom stereocenters. The maximum absolute atomic E-state index is 12.5. The molecule has 7 nitrogen and oxygen atoms in total. The molecule has 7 heteroatoms. The summed E-state index contributed by atoms with van der Waals surface area (Å²) in [6.07, 6.45) is 4.17. The molecule has 1 aromatic heterocycles. The molecule has 1 saturated heterocycles. The highest BCUT2D eigenvalue weighted by Crippen LogP contribution is 2.22. The molecule has 0 radical (unpaired) electrons. The maximum Gasteiger partial charge on any atom is 0.335 e. The van der Waals surface area contributed by atoms with Crippen LogP contribution < -0.4 is 0 Å². The van der Waals surface area contributed by atoms with Crippen molar-refractivity contribution >= 4 is 11.9 Å². The Labute approximate surface area is 145 Å². The topological polar surface area (TPSA) is 84.7 Å². The summed E-state index contributed by atoms with van der Waals surface area (Å²) < 4.78 is 7.46. The van der Waals surface area contributed by atoms with E-state index in [1.807, 2.05) is 13.2 Å². The normalized spacial score (nSPS) is 17.5. The Kier molecular flexibility index (Phi) is 5.14. The number of hydrogen-bond donors (Lipinski definition) is 1. The van der Waals surface area contributed by atoms with Gasteiger partial charge in [-0.25, -0.2) is 4.79 Å². The van der Waals surface area contributed by atoms with E-state index < -0.39 is 5.97 Å². The lowest BCUT2D eigenvalue weighted by atomic mass is 10.0.